The molecule has 1 aromatic carbocycles. The van der Waals surface area contributed by atoms with Crippen LogP contribution in [0.1, 0.15) is 17.3 Å². The molecule has 0 N–H and O–H groups in total. The van der Waals surface area contributed by atoms with Gasteiger partial charge in [0.05, 0.1) is 12.7 Å². The number of benzene rings is 1. The van der Waals surface area contributed by atoms with E-state index < -0.39 is 5.51 Å². The zero-order valence-electron chi connectivity index (χ0n) is 10.8. The maximum Gasteiger partial charge on any atom is 0.446 e. The van der Waals surface area contributed by atoms with Crippen LogP contribution in [0.2, 0.25) is 0 Å². The van der Waals surface area contributed by atoms with Gasteiger partial charge in [-0.05, 0) is 43.0 Å². The van der Waals surface area contributed by atoms with Gasteiger partial charge in [0.2, 0.25) is 0 Å². The van der Waals surface area contributed by atoms with Crippen LogP contribution >= 0.6 is 11.8 Å². The van der Waals surface area contributed by atoms with Gasteiger partial charge in [-0.25, -0.2) is 0 Å². The Kier molecular flexibility index (Phi) is 4.59. The lowest BCUT2D eigenvalue weighted by Gasteiger charge is -2.31. The van der Waals surface area contributed by atoms with Crippen LogP contribution in [0.15, 0.2) is 29.2 Å². The van der Waals surface area contributed by atoms with Crippen molar-refractivity contribution in [3.8, 4) is 0 Å². The molecule has 1 aliphatic rings. The van der Waals surface area contributed by atoms with E-state index >= 15 is 0 Å². The molecule has 110 valence electrons. The number of halogens is 3. The van der Waals surface area contributed by atoms with Gasteiger partial charge in [0.1, 0.15) is 0 Å². The van der Waals surface area contributed by atoms with Crippen molar-refractivity contribution >= 4 is 17.7 Å². The van der Waals surface area contributed by atoms with E-state index in [1.807, 2.05) is 6.92 Å². The summed E-state index contributed by atoms with van der Waals surface area (Å²) in [5.74, 6) is -0.177. The zero-order chi connectivity index (χ0) is 14.8. The molecular formula is C13H14F3NO2S. The zero-order valence-corrected chi connectivity index (χ0v) is 11.6. The maximum absolute atomic E-state index is 12.2. The molecule has 0 bridgehead atoms. The number of hydrogen-bond acceptors (Lipinski definition) is 3. The number of carbonyl (C=O) groups is 1. The van der Waals surface area contributed by atoms with E-state index in [9.17, 15) is 18.0 Å². The molecule has 0 unspecified atom stereocenters. The summed E-state index contributed by atoms with van der Waals surface area (Å²) in [6.07, 6.45) is -0.0206. The van der Waals surface area contributed by atoms with Crippen molar-refractivity contribution < 1.29 is 22.7 Å². The molecule has 1 heterocycles. The topological polar surface area (TPSA) is 29.5 Å². The van der Waals surface area contributed by atoms with Crippen LogP contribution in [-0.4, -0.2) is 42.1 Å². The largest absolute Gasteiger partial charge is 0.446 e. The van der Waals surface area contributed by atoms with Crippen LogP contribution in [0.3, 0.4) is 0 Å². The molecule has 0 saturated carbocycles. The predicted octanol–water partition coefficient (Wildman–Crippen LogP) is 3.16. The second-order valence-electron chi connectivity index (χ2n) is 4.50. The van der Waals surface area contributed by atoms with E-state index in [4.69, 9.17) is 4.74 Å². The van der Waals surface area contributed by atoms with Crippen LogP contribution in [0.4, 0.5) is 13.2 Å². The van der Waals surface area contributed by atoms with Crippen molar-refractivity contribution in [2.24, 2.45) is 0 Å². The Morgan fingerprint density at radius 3 is 2.55 bits per heavy atom. The molecule has 20 heavy (non-hydrogen) atoms. The first kappa shape index (κ1) is 15.2. The van der Waals surface area contributed by atoms with Gasteiger partial charge in [0.25, 0.3) is 5.91 Å². The van der Waals surface area contributed by atoms with Crippen LogP contribution < -0.4 is 0 Å². The summed E-state index contributed by atoms with van der Waals surface area (Å²) in [4.78, 5) is 13.9. The monoisotopic (exact) mass is 305 g/mol. The Hall–Kier alpha value is -1.21. The molecule has 0 aliphatic carbocycles. The standard InChI is InChI=1S/C13H14F3NO2S/c1-9-8-17(6-7-19-9)12(18)10-2-4-11(5-3-10)20-13(14,15)16/h2-5,9H,6-8H2,1H3/t9-/m1/s1. The molecule has 0 aromatic heterocycles. The van der Waals surface area contributed by atoms with Gasteiger partial charge >= 0.3 is 5.51 Å². The molecule has 2 rings (SSSR count). The average Bonchev–Trinajstić information content (AvgIpc) is 2.37. The molecule has 1 saturated heterocycles. The fourth-order valence-electron chi connectivity index (χ4n) is 1.98. The van der Waals surface area contributed by atoms with Crippen LogP contribution in [-0.2, 0) is 4.74 Å². The van der Waals surface area contributed by atoms with E-state index in [2.05, 4.69) is 0 Å². The van der Waals surface area contributed by atoms with Crippen molar-refractivity contribution in [2.45, 2.75) is 23.4 Å². The molecule has 1 amide bonds. The third-order valence-corrected chi connectivity index (χ3v) is 3.60. The summed E-state index contributed by atoms with van der Waals surface area (Å²) in [6, 6.07) is 5.48. The van der Waals surface area contributed by atoms with E-state index in [1.54, 1.807) is 4.90 Å². The number of hydrogen-bond donors (Lipinski definition) is 0. The third-order valence-electron chi connectivity index (χ3n) is 2.86. The summed E-state index contributed by atoms with van der Waals surface area (Å²) in [5.41, 5.74) is -3.92. The minimum atomic E-state index is -4.31. The minimum Gasteiger partial charge on any atom is -0.375 e. The first-order chi connectivity index (χ1) is 9.35. The average molecular weight is 305 g/mol. The van der Waals surface area contributed by atoms with Crippen molar-refractivity contribution in [2.75, 3.05) is 19.7 Å². The molecule has 1 fully saturated rings. The normalized spacial score (nSPS) is 20.0. The Labute approximate surface area is 119 Å². The number of morpholine rings is 1. The van der Waals surface area contributed by atoms with E-state index in [0.29, 0.717) is 25.3 Å². The molecule has 1 aromatic rings. The Balaban J connectivity index is 2.04. The van der Waals surface area contributed by atoms with Crippen molar-refractivity contribution in [1.29, 1.82) is 0 Å². The second-order valence-corrected chi connectivity index (χ2v) is 5.64. The lowest BCUT2D eigenvalue weighted by Crippen LogP contribution is -2.44. The van der Waals surface area contributed by atoms with Gasteiger partial charge in [0, 0.05) is 23.5 Å². The first-order valence-corrected chi connectivity index (χ1v) is 6.93. The summed E-state index contributed by atoms with van der Waals surface area (Å²) in [7, 11) is 0. The third kappa shape index (κ3) is 4.14. The highest BCUT2D eigenvalue weighted by atomic mass is 32.2. The molecule has 0 radical (unpaired) electrons. The SMILES string of the molecule is C[C@@H]1CN(C(=O)c2ccc(SC(F)(F)F)cc2)CCO1. The lowest BCUT2D eigenvalue weighted by molar-refractivity contribution is -0.0328. The summed E-state index contributed by atoms with van der Waals surface area (Å²) in [5, 5.41) is 0. The molecular weight excluding hydrogens is 291 g/mol. The molecule has 1 aliphatic heterocycles. The predicted molar refractivity (Wildman–Crippen MR) is 69.7 cm³/mol. The van der Waals surface area contributed by atoms with Gasteiger partial charge in [0.15, 0.2) is 0 Å². The fraction of sp³-hybridized carbons (Fsp3) is 0.462. The highest BCUT2D eigenvalue weighted by Crippen LogP contribution is 2.36. The number of ether oxygens (including phenoxy) is 1. The molecule has 0 spiro atoms. The Bertz CT molecular complexity index is 475. The summed E-state index contributed by atoms with van der Waals surface area (Å²) < 4.78 is 42.0. The highest BCUT2D eigenvalue weighted by Gasteiger charge is 2.29. The minimum absolute atomic E-state index is 0.0206. The smallest absolute Gasteiger partial charge is 0.375 e. The van der Waals surface area contributed by atoms with Crippen molar-refractivity contribution in [3.63, 3.8) is 0 Å². The number of alkyl halides is 3. The van der Waals surface area contributed by atoms with E-state index in [-0.39, 0.29) is 28.7 Å². The summed E-state index contributed by atoms with van der Waals surface area (Å²) >= 11 is -0.188. The Morgan fingerprint density at radius 2 is 2.00 bits per heavy atom. The Morgan fingerprint density at radius 1 is 1.35 bits per heavy atom. The van der Waals surface area contributed by atoms with Gasteiger partial charge < -0.3 is 9.64 Å². The maximum atomic E-state index is 12.2. The second kappa shape index (κ2) is 6.05. The molecule has 7 heteroatoms. The van der Waals surface area contributed by atoms with Crippen LogP contribution in [0, 0.1) is 0 Å². The van der Waals surface area contributed by atoms with Crippen molar-refractivity contribution in [1.82, 2.24) is 4.90 Å². The quantitative estimate of drug-likeness (QED) is 0.786. The van der Waals surface area contributed by atoms with E-state index in [1.165, 1.54) is 24.3 Å². The van der Waals surface area contributed by atoms with Gasteiger partial charge in [-0.1, -0.05) is 0 Å². The number of rotatable bonds is 2. The van der Waals surface area contributed by atoms with Gasteiger partial charge in [-0.15, -0.1) is 0 Å². The van der Waals surface area contributed by atoms with Gasteiger partial charge in [-0.2, -0.15) is 13.2 Å². The summed E-state index contributed by atoms with van der Waals surface area (Å²) in [6.45, 7) is 3.36. The number of amides is 1. The highest BCUT2D eigenvalue weighted by molar-refractivity contribution is 8.00. The molecule has 1 atom stereocenters. The number of nitrogens with zero attached hydrogens (tertiary/aromatic N) is 1. The van der Waals surface area contributed by atoms with Crippen LogP contribution in [0.25, 0.3) is 0 Å². The number of thioether (sulfide) groups is 1. The lowest BCUT2D eigenvalue weighted by atomic mass is 10.2. The van der Waals surface area contributed by atoms with Gasteiger partial charge in [-0.3, -0.25) is 4.79 Å². The fourth-order valence-corrected chi connectivity index (χ4v) is 2.52. The van der Waals surface area contributed by atoms with Crippen LogP contribution in [0.5, 0.6) is 0 Å². The van der Waals surface area contributed by atoms with E-state index in [0.717, 1.165) is 0 Å². The molecule has 3 nitrogen and oxygen atoms in total. The van der Waals surface area contributed by atoms with Crippen molar-refractivity contribution in [3.05, 3.63) is 29.8 Å². The number of carbonyl (C=O) groups excluding carboxylic acids is 1. The first-order valence-electron chi connectivity index (χ1n) is 6.12.